The molecule has 0 saturated carbocycles. The van der Waals surface area contributed by atoms with Gasteiger partial charge in [0.15, 0.2) is 0 Å². The van der Waals surface area contributed by atoms with Crippen LogP contribution in [0.25, 0.3) is 11.1 Å². The molecule has 0 unspecified atom stereocenters. The summed E-state index contributed by atoms with van der Waals surface area (Å²) in [6.45, 7) is 4.00. The predicted molar refractivity (Wildman–Crippen MR) is 104 cm³/mol. The molecule has 0 fully saturated rings. The SMILES string of the molecule is Cc1cc(COc2ccc(-c3cc(C(N)=O)c(=O)[nH]c3C(F)(F)F)cc2)cc(C)n1. The number of alkyl halides is 3. The van der Waals surface area contributed by atoms with E-state index in [0.717, 1.165) is 23.0 Å². The molecule has 9 heteroatoms. The zero-order valence-corrected chi connectivity index (χ0v) is 16.1. The predicted octanol–water partition coefficient (Wildman–Crippen LogP) is 3.75. The smallest absolute Gasteiger partial charge is 0.431 e. The molecular formula is C21H18F3N3O3. The lowest BCUT2D eigenvalue weighted by molar-refractivity contribution is -0.140. The van der Waals surface area contributed by atoms with Gasteiger partial charge in [0.1, 0.15) is 23.6 Å². The summed E-state index contributed by atoms with van der Waals surface area (Å²) in [6, 6.07) is 10.4. The minimum absolute atomic E-state index is 0.143. The van der Waals surface area contributed by atoms with Crippen LogP contribution in [-0.4, -0.2) is 15.9 Å². The van der Waals surface area contributed by atoms with Gasteiger partial charge >= 0.3 is 6.18 Å². The van der Waals surface area contributed by atoms with E-state index in [2.05, 4.69) is 4.98 Å². The number of hydrogen-bond donors (Lipinski definition) is 2. The van der Waals surface area contributed by atoms with Crippen molar-refractivity contribution in [2.45, 2.75) is 26.6 Å². The molecule has 6 nitrogen and oxygen atoms in total. The third-order valence-corrected chi connectivity index (χ3v) is 4.30. The number of nitrogens with zero attached hydrogens (tertiary/aromatic N) is 1. The van der Waals surface area contributed by atoms with E-state index in [0.29, 0.717) is 5.75 Å². The number of halogens is 3. The molecule has 0 spiro atoms. The van der Waals surface area contributed by atoms with Crippen LogP contribution in [-0.2, 0) is 12.8 Å². The molecule has 0 aliphatic rings. The van der Waals surface area contributed by atoms with E-state index >= 15 is 0 Å². The van der Waals surface area contributed by atoms with Gasteiger partial charge < -0.3 is 15.5 Å². The Morgan fingerprint density at radius 1 is 1.10 bits per heavy atom. The maximum absolute atomic E-state index is 13.4. The van der Waals surface area contributed by atoms with Gasteiger partial charge in [-0.05, 0) is 55.3 Å². The van der Waals surface area contributed by atoms with Crippen LogP contribution in [0.3, 0.4) is 0 Å². The van der Waals surface area contributed by atoms with Crippen LogP contribution in [0.4, 0.5) is 13.2 Å². The fraction of sp³-hybridized carbons (Fsp3) is 0.190. The molecule has 2 aromatic heterocycles. The van der Waals surface area contributed by atoms with Crippen molar-refractivity contribution in [2.75, 3.05) is 0 Å². The fourth-order valence-corrected chi connectivity index (χ4v) is 3.07. The summed E-state index contributed by atoms with van der Waals surface area (Å²) in [4.78, 5) is 29.1. The highest BCUT2D eigenvalue weighted by atomic mass is 19.4. The van der Waals surface area contributed by atoms with E-state index in [9.17, 15) is 22.8 Å². The number of carbonyl (C=O) groups excluding carboxylic acids is 1. The van der Waals surface area contributed by atoms with Gasteiger partial charge in [-0.1, -0.05) is 12.1 Å². The number of benzene rings is 1. The van der Waals surface area contributed by atoms with Crippen LogP contribution < -0.4 is 16.0 Å². The minimum atomic E-state index is -4.82. The van der Waals surface area contributed by atoms with Crippen molar-refractivity contribution in [3.8, 4) is 16.9 Å². The average Bonchev–Trinajstić information content (AvgIpc) is 2.65. The topological polar surface area (TPSA) is 98.1 Å². The van der Waals surface area contributed by atoms with Gasteiger partial charge in [0, 0.05) is 17.0 Å². The van der Waals surface area contributed by atoms with Crippen molar-refractivity contribution in [3.05, 3.63) is 81.0 Å². The molecular weight excluding hydrogens is 399 g/mol. The number of pyridine rings is 2. The summed E-state index contributed by atoms with van der Waals surface area (Å²) in [6.07, 6.45) is -4.82. The van der Waals surface area contributed by atoms with Crippen molar-refractivity contribution in [1.82, 2.24) is 9.97 Å². The molecule has 3 rings (SSSR count). The average molecular weight is 417 g/mol. The standard InChI is InChI=1S/C21H18F3N3O3/c1-11-7-13(8-12(2)26-11)10-30-15-5-3-14(4-6-15)16-9-17(19(25)28)20(29)27-18(16)21(22,23)24/h3-9H,10H2,1-2H3,(H2,25,28)(H,27,29). The molecule has 0 aliphatic carbocycles. The Labute approximate surface area is 169 Å². The Hall–Kier alpha value is -3.62. The molecule has 2 heterocycles. The Morgan fingerprint density at radius 2 is 1.70 bits per heavy atom. The van der Waals surface area contributed by atoms with Crippen LogP contribution >= 0.6 is 0 Å². The fourth-order valence-electron chi connectivity index (χ4n) is 3.07. The second kappa shape index (κ2) is 8.02. The molecule has 0 saturated heterocycles. The largest absolute Gasteiger partial charge is 0.489 e. The first-order valence-electron chi connectivity index (χ1n) is 8.86. The number of primary amides is 1. The third-order valence-electron chi connectivity index (χ3n) is 4.30. The lowest BCUT2D eigenvalue weighted by Gasteiger charge is -2.14. The van der Waals surface area contributed by atoms with E-state index in [4.69, 9.17) is 10.5 Å². The molecule has 1 amide bonds. The quantitative estimate of drug-likeness (QED) is 0.661. The highest BCUT2D eigenvalue weighted by molar-refractivity contribution is 5.94. The number of aromatic amines is 1. The molecule has 156 valence electrons. The number of nitrogens with two attached hydrogens (primary N) is 1. The van der Waals surface area contributed by atoms with Gasteiger partial charge in [0.2, 0.25) is 0 Å². The van der Waals surface area contributed by atoms with Gasteiger partial charge in [-0.15, -0.1) is 0 Å². The first-order valence-corrected chi connectivity index (χ1v) is 8.86. The van der Waals surface area contributed by atoms with Gasteiger partial charge in [0.05, 0.1) is 0 Å². The first kappa shape index (κ1) is 21.1. The summed E-state index contributed by atoms with van der Waals surface area (Å²) in [5, 5.41) is 0. The molecule has 3 aromatic rings. The van der Waals surface area contributed by atoms with Crippen molar-refractivity contribution in [1.29, 1.82) is 0 Å². The summed E-state index contributed by atoms with van der Waals surface area (Å²) in [5.74, 6) is -0.673. The van der Waals surface area contributed by atoms with Crippen LogP contribution in [0, 0.1) is 13.8 Å². The summed E-state index contributed by atoms with van der Waals surface area (Å²) in [7, 11) is 0. The van der Waals surface area contributed by atoms with Gasteiger partial charge in [-0.2, -0.15) is 13.2 Å². The zero-order valence-electron chi connectivity index (χ0n) is 16.1. The Bertz CT molecular complexity index is 1130. The van der Waals surface area contributed by atoms with E-state index in [-0.39, 0.29) is 17.7 Å². The first-order chi connectivity index (χ1) is 14.0. The van der Waals surface area contributed by atoms with Crippen LogP contribution in [0.5, 0.6) is 5.75 Å². The molecule has 1 aromatic carbocycles. The molecule has 0 aliphatic heterocycles. The Kier molecular flexibility index (Phi) is 5.64. The number of nitrogens with one attached hydrogen (secondary N) is 1. The second-order valence-electron chi connectivity index (χ2n) is 6.73. The van der Waals surface area contributed by atoms with E-state index in [1.807, 2.05) is 26.0 Å². The van der Waals surface area contributed by atoms with E-state index < -0.39 is 28.9 Å². The normalized spacial score (nSPS) is 11.4. The lowest BCUT2D eigenvalue weighted by atomic mass is 10.0. The van der Waals surface area contributed by atoms with Crippen LogP contribution in [0.1, 0.15) is 33.0 Å². The highest BCUT2D eigenvalue weighted by Gasteiger charge is 2.36. The summed E-state index contributed by atoms with van der Waals surface area (Å²) < 4.78 is 45.8. The zero-order chi connectivity index (χ0) is 22.1. The van der Waals surface area contributed by atoms with Crippen molar-refractivity contribution < 1.29 is 22.7 Å². The number of H-pyrrole nitrogens is 1. The number of ether oxygens (including phenoxy) is 1. The Morgan fingerprint density at radius 3 is 2.23 bits per heavy atom. The van der Waals surface area contributed by atoms with Gasteiger partial charge in [-0.3, -0.25) is 14.6 Å². The lowest BCUT2D eigenvalue weighted by Crippen LogP contribution is -2.27. The molecule has 0 atom stereocenters. The highest BCUT2D eigenvalue weighted by Crippen LogP contribution is 2.35. The third kappa shape index (κ3) is 4.68. The second-order valence-corrected chi connectivity index (χ2v) is 6.73. The number of amides is 1. The van der Waals surface area contributed by atoms with Crippen molar-refractivity contribution in [2.24, 2.45) is 5.73 Å². The molecule has 0 radical (unpaired) electrons. The molecule has 3 N–H and O–H groups in total. The van der Waals surface area contributed by atoms with Crippen LogP contribution in [0.15, 0.2) is 47.3 Å². The Balaban J connectivity index is 1.91. The van der Waals surface area contributed by atoms with Crippen molar-refractivity contribution >= 4 is 5.91 Å². The maximum atomic E-state index is 13.4. The van der Waals surface area contributed by atoms with Crippen LogP contribution in [0.2, 0.25) is 0 Å². The number of aryl methyl sites for hydroxylation is 2. The molecule has 30 heavy (non-hydrogen) atoms. The number of hydrogen-bond acceptors (Lipinski definition) is 4. The van der Waals surface area contributed by atoms with Crippen molar-refractivity contribution in [3.63, 3.8) is 0 Å². The minimum Gasteiger partial charge on any atom is -0.489 e. The monoisotopic (exact) mass is 417 g/mol. The van der Waals surface area contributed by atoms with E-state index in [1.54, 1.807) is 4.98 Å². The molecule has 0 bridgehead atoms. The number of carbonyl (C=O) groups is 1. The van der Waals surface area contributed by atoms with Gasteiger partial charge in [-0.25, -0.2) is 0 Å². The number of rotatable bonds is 5. The summed E-state index contributed by atoms with van der Waals surface area (Å²) in [5.41, 5.74) is 4.50. The summed E-state index contributed by atoms with van der Waals surface area (Å²) >= 11 is 0. The van der Waals surface area contributed by atoms with E-state index in [1.165, 1.54) is 24.3 Å². The van der Waals surface area contributed by atoms with Gasteiger partial charge in [0.25, 0.3) is 11.5 Å². The number of aromatic nitrogens is 2. The maximum Gasteiger partial charge on any atom is 0.431 e.